The smallest absolute Gasteiger partial charge is 0.236 e. The van der Waals surface area contributed by atoms with Crippen LogP contribution in [0.15, 0.2) is 48.9 Å². The molecule has 13 heteroatoms. The number of nitriles is 1. The van der Waals surface area contributed by atoms with Gasteiger partial charge >= 0.3 is 0 Å². The number of carbonyl (C=O) groups is 1. The lowest BCUT2D eigenvalue weighted by atomic mass is 10.0. The number of nitrogens with one attached hydrogen (secondary N) is 1. The Bertz CT molecular complexity index is 1670. The van der Waals surface area contributed by atoms with Crippen molar-refractivity contribution in [1.29, 1.82) is 5.26 Å². The van der Waals surface area contributed by atoms with Crippen LogP contribution < -0.4 is 10.2 Å². The number of hydrogen-bond acceptors (Lipinski definition) is 10. The molecule has 2 N–H and O–H groups in total. The van der Waals surface area contributed by atoms with Gasteiger partial charge in [-0.1, -0.05) is 6.07 Å². The number of nitrogens with zero attached hydrogens (tertiary/aromatic N) is 9. The number of piperidine rings is 1. The fourth-order valence-corrected chi connectivity index (χ4v) is 5.96. The van der Waals surface area contributed by atoms with E-state index in [9.17, 15) is 9.90 Å². The number of anilines is 2. The van der Waals surface area contributed by atoms with Crippen molar-refractivity contribution in [2.45, 2.75) is 31.7 Å². The standard InChI is InChI=1S/C31H35FN10O2/c32-28-29(22-8-10-34-26(19-22)40-13-4-11-39(15-16-40)17-18-43)37-30(24-20-35-42-14-2-1-6-25(24)42)38-31(28)36-23-5-3-12-41(21-23)27(44)7-9-33/h1-2,6,8,10,14,19-20,23,43H,3-5,7,11-13,15-18,21H2,(H,36,37,38)/t23-/m1/s1. The van der Waals surface area contributed by atoms with E-state index in [2.05, 4.69) is 30.2 Å². The van der Waals surface area contributed by atoms with Crippen molar-refractivity contribution >= 4 is 23.1 Å². The molecule has 2 aliphatic rings. The maximum atomic E-state index is 16.4. The predicted molar refractivity (Wildman–Crippen MR) is 163 cm³/mol. The zero-order chi connectivity index (χ0) is 30.5. The summed E-state index contributed by atoms with van der Waals surface area (Å²) < 4.78 is 18.1. The normalized spacial score (nSPS) is 17.8. The third-order valence-electron chi connectivity index (χ3n) is 8.21. The molecular formula is C31H35FN10O2. The van der Waals surface area contributed by atoms with Crippen molar-refractivity contribution in [2.24, 2.45) is 0 Å². The molecule has 6 rings (SSSR count). The Kier molecular flexibility index (Phi) is 8.90. The van der Waals surface area contributed by atoms with E-state index in [1.54, 1.807) is 27.9 Å². The fourth-order valence-electron chi connectivity index (χ4n) is 5.96. The fraction of sp³-hybridized carbons (Fsp3) is 0.419. The molecule has 44 heavy (non-hydrogen) atoms. The van der Waals surface area contributed by atoms with Gasteiger partial charge in [-0.2, -0.15) is 10.4 Å². The molecule has 2 fully saturated rings. The largest absolute Gasteiger partial charge is 0.395 e. The summed E-state index contributed by atoms with van der Waals surface area (Å²) in [6, 6.07) is 11.0. The van der Waals surface area contributed by atoms with E-state index in [1.807, 2.05) is 36.5 Å². The molecule has 0 radical (unpaired) electrons. The number of β-amino-alcohol motifs (C(OH)–C–C–N with tert-alkyl or cyclic N) is 1. The Hall–Kier alpha value is -4.67. The van der Waals surface area contributed by atoms with Gasteiger partial charge in [0.05, 0.1) is 30.0 Å². The molecule has 4 aromatic heterocycles. The lowest BCUT2D eigenvalue weighted by Gasteiger charge is -2.33. The summed E-state index contributed by atoms with van der Waals surface area (Å²) in [4.78, 5) is 32.5. The topological polar surface area (TPSA) is 139 Å². The predicted octanol–water partition coefficient (Wildman–Crippen LogP) is 2.81. The highest BCUT2D eigenvalue weighted by atomic mass is 19.1. The molecule has 12 nitrogen and oxygen atoms in total. The van der Waals surface area contributed by atoms with E-state index in [-0.39, 0.29) is 36.5 Å². The van der Waals surface area contributed by atoms with E-state index in [1.165, 1.54) is 0 Å². The maximum Gasteiger partial charge on any atom is 0.236 e. The zero-order valence-electron chi connectivity index (χ0n) is 24.4. The average Bonchev–Trinajstić information content (AvgIpc) is 3.34. The lowest BCUT2D eigenvalue weighted by Crippen LogP contribution is -2.45. The Morgan fingerprint density at radius 2 is 2.05 bits per heavy atom. The maximum absolute atomic E-state index is 16.4. The van der Waals surface area contributed by atoms with Gasteiger partial charge in [0.15, 0.2) is 17.5 Å². The summed E-state index contributed by atoms with van der Waals surface area (Å²) in [6.07, 6.45) is 7.37. The number of halogens is 1. The minimum absolute atomic E-state index is 0.0487. The Balaban J connectivity index is 1.36. The first kappa shape index (κ1) is 29.4. The van der Waals surface area contributed by atoms with Gasteiger partial charge < -0.3 is 20.2 Å². The van der Waals surface area contributed by atoms with Crippen molar-refractivity contribution < 1.29 is 14.3 Å². The molecule has 6 heterocycles. The van der Waals surface area contributed by atoms with E-state index in [0.717, 1.165) is 56.8 Å². The van der Waals surface area contributed by atoms with Gasteiger partial charge in [0.25, 0.3) is 0 Å². The number of pyridine rings is 2. The third-order valence-corrected chi connectivity index (χ3v) is 8.21. The molecule has 1 amide bonds. The number of fused-ring (bicyclic) bond motifs is 1. The summed E-state index contributed by atoms with van der Waals surface area (Å²) in [5.41, 5.74) is 2.16. The molecule has 228 valence electrons. The summed E-state index contributed by atoms with van der Waals surface area (Å²) in [7, 11) is 0. The molecule has 0 saturated carbocycles. The van der Waals surface area contributed by atoms with Gasteiger partial charge in [-0.15, -0.1) is 0 Å². The van der Waals surface area contributed by atoms with Crippen LogP contribution in [0, 0.1) is 17.1 Å². The Morgan fingerprint density at radius 1 is 1.14 bits per heavy atom. The summed E-state index contributed by atoms with van der Waals surface area (Å²) in [6.45, 7) is 4.93. The zero-order valence-corrected chi connectivity index (χ0v) is 24.4. The second-order valence-electron chi connectivity index (χ2n) is 11.1. The van der Waals surface area contributed by atoms with Gasteiger partial charge in [-0.05, 0) is 50.1 Å². The quantitative estimate of drug-likeness (QED) is 0.311. The number of hydrogen-bond donors (Lipinski definition) is 2. The summed E-state index contributed by atoms with van der Waals surface area (Å²) in [5.74, 6) is 0.288. The molecule has 0 aromatic carbocycles. The molecule has 2 saturated heterocycles. The van der Waals surface area contributed by atoms with Crippen LogP contribution >= 0.6 is 0 Å². The first-order valence-electron chi connectivity index (χ1n) is 15.0. The third kappa shape index (κ3) is 6.31. The number of rotatable bonds is 8. The lowest BCUT2D eigenvalue weighted by molar-refractivity contribution is -0.131. The first-order valence-corrected chi connectivity index (χ1v) is 15.0. The van der Waals surface area contributed by atoms with E-state index < -0.39 is 5.82 Å². The van der Waals surface area contributed by atoms with Gasteiger partial charge in [0, 0.05) is 63.3 Å². The number of aliphatic hydroxyl groups is 1. The van der Waals surface area contributed by atoms with E-state index in [4.69, 9.17) is 10.2 Å². The number of aromatic nitrogens is 5. The molecule has 0 bridgehead atoms. The molecule has 1 atom stereocenters. The van der Waals surface area contributed by atoms with Crippen molar-refractivity contribution in [2.75, 3.05) is 62.6 Å². The molecule has 0 unspecified atom stereocenters. The highest BCUT2D eigenvalue weighted by Gasteiger charge is 2.27. The van der Waals surface area contributed by atoms with Gasteiger partial charge in [0.1, 0.15) is 17.9 Å². The SMILES string of the molecule is N#CCC(=O)N1CCC[C@@H](Nc2nc(-c3cnn4ccccc34)nc(-c3ccnc(N4CCCN(CCO)CC4)c3)c2F)C1. The Morgan fingerprint density at radius 3 is 2.91 bits per heavy atom. The molecule has 0 aliphatic carbocycles. The van der Waals surface area contributed by atoms with E-state index in [0.29, 0.717) is 36.6 Å². The van der Waals surface area contributed by atoms with Gasteiger partial charge in [-0.3, -0.25) is 9.69 Å². The van der Waals surface area contributed by atoms with Crippen LogP contribution in [0.2, 0.25) is 0 Å². The van der Waals surface area contributed by atoms with Gasteiger partial charge in [-0.25, -0.2) is 23.9 Å². The molecule has 0 spiro atoms. The van der Waals surface area contributed by atoms with Crippen LogP contribution in [0.5, 0.6) is 0 Å². The van der Waals surface area contributed by atoms with Crippen molar-refractivity contribution in [3.63, 3.8) is 0 Å². The number of aliphatic hydroxyl groups excluding tert-OH is 1. The average molecular weight is 599 g/mol. The molecular weight excluding hydrogens is 563 g/mol. The number of likely N-dealkylation sites (tertiary alicyclic amines) is 1. The summed E-state index contributed by atoms with van der Waals surface area (Å²) >= 11 is 0. The Labute approximate surface area is 254 Å². The number of carbonyl (C=O) groups excluding carboxylic acids is 1. The van der Waals surface area contributed by atoms with Crippen LogP contribution in [-0.4, -0.2) is 104 Å². The highest BCUT2D eigenvalue weighted by Crippen LogP contribution is 2.32. The number of amides is 1. The van der Waals surface area contributed by atoms with Crippen molar-refractivity contribution in [3.05, 3.63) is 54.7 Å². The second kappa shape index (κ2) is 13.3. The van der Waals surface area contributed by atoms with Crippen LogP contribution in [-0.2, 0) is 4.79 Å². The molecule has 4 aromatic rings. The molecule has 2 aliphatic heterocycles. The van der Waals surface area contributed by atoms with Gasteiger partial charge in [0.2, 0.25) is 5.91 Å². The first-order chi connectivity index (χ1) is 21.5. The van der Waals surface area contributed by atoms with Crippen LogP contribution in [0.3, 0.4) is 0 Å². The monoisotopic (exact) mass is 598 g/mol. The van der Waals surface area contributed by atoms with Crippen LogP contribution in [0.4, 0.5) is 16.0 Å². The second-order valence-corrected chi connectivity index (χ2v) is 11.1. The van der Waals surface area contributed by atoms with Crippen LogP contribution in [0.1, 0.15) is 25.7 Å². The summed E-state index contributed by atoms with van der Waals surface area (Å²) in [5, 5.41) is 26.0. The van der Waals surface area contributed by atoms with Crippen molar-refractivity contribution in [1.82, 2.24) is 34.4 Å². The minimum Gasteiger partial charge on any atom is -0.395 e. The van der Waals surface area contributed by atoms with Crippen LogP contribution in [0.25, 0.3) is 28.2 Å². The highest BCUT2D eigenvalue weighted by molar-refractivity contribution is 5.79. The van der Waals surface area contributed by atoms with E-state index >= 15 is 4.39 Å². The van der Waals surface area contributed by atoms with Crippen molar-refractivity contribution in [3.8, 4) is 28.7 Å². The minimum atomic E-state index is -0.590.